The maximum Gasteiger partial charge on any atom is 0.417 e. The van der Waals surface area contributed by atoms with Gasteiger partial charge in [0.05, 0.1) is 6.04 Å². The highest BCUT2D eigenvalue weighted by Gasteiger charge is 2.41. The number of amides is 2. The lowest BCUT2D eigenvalue weighted by atomic mass is 10.0. The van der Waals surface area contributed by atoms with E-state index in [1.807, 2.05) is 20.8 Å². The zero-order valence-corrected chi connectivity index (χ0v) is 13.9. The Morgan fingerprint density at radius 2 is 1.75 bits per heavy atom. The molecule has 0 bridgehead atoms. The molecule has 0 spiro atoms. The Bertz CT molecular complexity index is 385. The fourth-order valence-electron chi connectivity index (χ4n) is 2.04. The van der Waals surface area contributed by atoms with Crippen LogP contribution in [0.3, 0.4) is 0 Å². The largest absolute Gasteiger partial charge is 0.443 e. The first kappa shape index (κ1) is 17.2. The molecule has 1 saturated heterocycles. The van der Waals surface area contributed by atoms with Gasteiger partial charge < -0.3 is 10.1 Å². The first-order chi connectivity index (χ1) is 8.92. The topological polar surface area (TPSA) is 58.6 Å². The van der Waals surface area contributed by atoms with E-state index in [0.29, 0.717) is 13.0 Å². The van der Waals surface area contributed by atoms with Crippen LogP contribution in [0.1, 0.15) is 48.0 Å². The van der Waals surface area contributed by atoms with Crippen molar-refractivity contribution in [2.24, 2.45) is 0 Å². The standard InChI is InChI=1S/C14H25ClN2O3/c1-13(2,3)17(12(19)20-14(4,5)6)11(18)10-7-9(15)8-16-10/h9-10,16H,7-8H2,1-6H3/t9-,10-/m0/s1. The predicted molar refractivity (Wildman–Crippen MR) is 78.9 cm³/mol. The van der Waals surface area contributed by atoms with E-state index in [2.05, 4.69) is 5.32 Å². The summed E-state index contributed by atoms with van der Waals surface area (Å²) >= 11 is 6.01. The van der Waals surface area contributed by atoms with E-state index in [4.69, 9.17) is 16.3 Å². The highest BCUT2D eigenvalue weighted by Crippen LogP contribution is 2.23. The smallest absolute Gasteiger partial charge is 0.417 e. The van der Waals surface area contributed by atoms with Crippen molar-refractivity contribution < 1.29 is 14.3 Å². The second-order valence-corrected chi connectivity index (χ2v) is 7.74. The normalized spacial score (nSPS) is 23.6. The quantitative estimate of drug-likeness (QED) is 0.756. The van der Waals surface area contributed by atoms with Gasteiger partial charge in [-0.2, -0.15) is 0 Å². The first-order valence-corrected chi connectivity index (χ1v) is 7.30. The molecule has 116 valence electrons. The molecule has 0 aromatic rings. The number of nitrogens with one attached hydrogen (secondary N) is 1. The first-order valence-electron chi connectivity index (χ1n) is 6.86. The monoisotopic (exact) mass is 304 g/mol. The van der Waals surface area contributed by atoms with Crippen LogP contribution in [0.2, 0.25) is 0 Å². The van der Waals surface area contributed by atoms with Crippen molar-refractivity contribution in [1.82, 2.24) is 10.2 Å². The summed E-state index contributed by atoms with van der Waals surface area (Å²) in [5, 5.41) is 2.97. The van der Waals surface area contributed by atoms with Gasteiger partial charge in [-0.15, -0.1) is 11.6 Å². The Kier molecular flexibility index (Phi) is 5.08. The molecule has 0 saturated carbocycles. The minimum Gasteiger partial charge on any atom is -0.443 e. The van der Waals surface area contributed by atoms with E-state index in [0.717, 1.165) is 0 Å². The van der Waals surface area contributed by atoms with Crippen LogP contribution in [-0.2, 0) is 9.53 Å². The van der Waals surface area contributed by atoms with Gasteiger partial charge >= 0.3 is 6.09 Å². The summed E-state index contributed by atoms with van der Waals surface area (Å²) in [4.78, 5) is 26.1. The molecule has 1 rings (SSSR count). The molecule has 2 atom stereocenters. The van der Waals surface area contributed by atoms with E-state index < -0.39 is 23.3 Å². The van der Waals surface area contributed by atoms with Crippen LogP contribution in [0.4, 0.5) is 4.79 Å². The summed E-state index contributed by atoms with van der Waals surface area (Å²) in [6, 6.07) is -0.427. The Morgan fingerprint density at radius 3 is 2.10 bits per heavy atom. The molecule has 0 aliphatic carbocycles. The van der Waals surface area contributed by atoms with Crippen molar-refractivity contribution in [3.63, 3.8) is 0 Å². The SMILES string of the molecule is CC(C)(C)OC(=O)N(C(=O)[C@@H]1C[C@H](Cl)CN1)C(C)(C)C. The number of carbonyl (C=O) groups excluding carboxylic acids is 2. The van der Waals surface area contributed by atoms with Gasteiger partial charge in [0, 0.05) is 17.5 Å². The summed E-state index contributed by atoms with van der Waals surface area (Å²) in [5.41, 5.74) is -1.29. The van der Waals surface area contributed by atoms with E-state index in [1.54, 1.807) is 20.8 Å². The predicted octanol–water partition coefficient (Wildman–Crippen LogP) is 2.52. The van der Waals surface area contributed by atoms with Crippen molar-refractivity contribution in [2.75, 3.05) is 6.54 Å². The number of imide groups is 1. The molecule has 1 heterocycles. The third-order valence-electron chi connectivity index (χ3n) is 2.84. The minimum atomic E-state index is -0.647. The van der Waals surface area contributed by atoms with Gasteiger partial charge in [-0.1, -0.05) is 0 Å². The summed E-state index contributed by atoms with van der Waals surface area (Å²) in [5.74, 6) is -0.282. The number of carbonyl (C=O) groups is 2. The second-order valence-electron chi connectivity index (χ2n) is 7.12. The summed E-state index contributed by atoms with van der Waals surface area (Å²) in [7, 11) is 0. The van der Waals surface area contributed by atoms with Gasteiger partial charge in [-0.25, -0.2) is 9.69 Å². The highest BCUT2D eigenvalue weighted by molar-refractivity contribution is 6.21. The number of rotatable bonds is 1. The van der Waals surface area contributed by atoms with Crippen LogP contribution >= 0.6 is 11.6 Å². The molecule has 0 radical (unpaired) electrons. The van der Waals surface area contributed by atoms with Crippen LogP contribution in [0.15, 0.2) is 0 Å². The number of nitrogens with zero attached hydrogens (tertiary/aromatic N) is 1. The fraction of sp³-hybridized carbons (Fsp3) is 0.857. The molecular formula is C14H25ClN2O3. The van der Waals surface area contributed by atoms with Crippen molar-refractivity contribution in [1.29, 1.82) is 0 Å². The minimum absolute atomic E-state index is 0.0793. The van der Waals surface area contributed by atoms with Crippen LogP contribution in [-0.4, -0.2) is 46.0 Å². The van der Waals surface area contributed by atoms with Crippen LogP contribution < -0.4 is 5.32 Å². The maximum absolute atomic E-state index is 12.6. The molecule has 1 aliphatic heterocycles. The van der Waals surface area contributed by atoms with Crippen LogP contribution in [0, 0.1) is 0 Å². The van der Waals surface area contributed by atoms with Crippen molar-refractivity contribution in [3.05, 3.63) is 0 Å². The number of halogens is 1. The molecule has 0 aromatic heterocycles. The zero-order chi connectivity index (χ0) is 15.7. The number of hydrogen-bond acceptors (Lipinski definition) is 4. The van der Waals surface area contributed by atoms with Gasteiger partial charge in [0.2, 0.25) is 5.91 Å². The lowest BCUT2D eigenvalue weighted by Crippen LogP contribution is -2.56. The van der Waals surface area contributed by atoms with E-state index in [1.165, 1.54) is 4.90 Å². The molecule has 6 heteroatoms. The van der Waals surface area contributed by atoms with E-state index in [-0.39, 0.29) is 11.3 Å². The van der Waals surface area contributed by atoms with Crippen molar-refractivity contribution >= 4 is 23.6 Å². The molecule has 1 aliphatic rings. The third kappa shape index (κ3) is 4.63. The van der Waals surface area contributed by atoms with Gasteiger partial charge in [0.15, 0.2) is 0 Å². The van der Waals surface area contributed by atoms with Gasteiger partial charge in [-0.05, 0) is 48.0 Å². The zero-order valence-electron chi connectivity index (χ0n) is 13.1. The Morgan fingerprint density at radius 1 is 1.20 bits per heavy atom. The molecule has 5 nitrogen and oxygen atoms in total. The lowest BCUT2D eigenvalue weighted by Gasteiger charge is -2.36. The van der Waals surface area contributed by atoms with Gasteiger partial charge in [-0.3, -0.25) is 4.79 Å². The molecular weight excluding hydrogens is 280 g/mol. The Balaban J connectivity index is 2.90. The lowest BCUT2D eigenvalue weighted by molar-refractivity contribution is -0.136. The van der Waals surface area contributed by atoms with Crippen molar-refractivity contribution in [2.45, 2.75) is 70.5 Å². The van der Waals surface area contributed by atoms with E-state index in [9.17, 15) is 9.59 Å². The molecule has 20 heavy (non-hydrogen) atoms. The number of ether oxygens (including phenoxy) is 1. The van der Waals surface area contributed by atoms with E-state index >= 15 is 0 Å². The Hall–Kier alpha value is -0.810. The molecule has 0 aromatic carbocycles. The fourth-order valence-corrected chi connectivity index (χ4v) is 2.31. The van der Waals surface area contributed by atoms with Crippen molar-refractivity contribution in [3.8, 4) is 0 Å². The Labute approximate surface area is 126 Å². The average Bonchev–Trinajstić information content (AvgIpc) is 2.59. The van der Waals surface area contributed by atoms with Gasteiger partial charge in [0.25, 0.3) is 0 Å². The maximum atomic E-state index is 12.6. The molecule has 2 amide bonds. The third-order valence-corrected chi connectivity index (χ3v) is 3.18. The molecule has 1 fully saturated rings. The molecule has 1 N–H and O–H groups in total. The van der Waals surface area contributed by atoms with Crippen LogP contribution in [0.5, 0.6) is 0 Å². The summed E-state index contributed by atoms with van der Waals surface area (Å²) in [6.07, 6.45) is -0.0923. The number of alkyl halides is 1. The van der Waals surface area contributed by atoms with Crippen LogP contribution in [0.25, 0.3) is 0 Å². The average molecular weight is 305 g/mol. The summed E-state index contributed by atoms with van der Waals surface area (Å²) < 4.78 is 5.34. The highest BCUT2D eigenvalue weighted by atomic mass is 35.5. The summed E-state index contributed by atoms with van der Waals surface area (Å²) in [6.45, 7) is 11.3. The second kappa shape index (κ2) is 5.90. The molecule has 0 unspecified atom stereocenters. The van der Waals surface area contributed by atoms with Gasteiger partial charge in [0.1, 0.15) is 5.60 Å². The number of hydrogen-bond donors (Lipinski definition) is 1.